The zero-order valence-electron chi connectivity index (χ0n) is 33.4. The lowest BCUT2D eigenvalue weighted by atomic mass is 9.89. The Kier molecular flexibility index (Phi) is 8.31. The molecule has 0 radical (unpaired) electrons. The number of hydrogen-bond donors (Lipinski definition) is 0. The van der Waals surface area contributed by atoms with E-state index < -0.39 is 0 Å². The highest BCUT2D eigenvalue weighted by Gasteiger charge is 2.25. The summed E-state index contributed by atoms with van der Waals surface area (Å²) in [4.78, 5) is 2.44. The molecule has 1 atom stereocenters. The zero-order chi connectivity index (χ0) is 40.3. The van der Waals surface area contributed by atoms with Crippen LogP contribution < -0.4 is 4.90 Å². The molecule has 3 heteroatoms. The summed E-state index contributed by atoms with van der Waals surface area (Å²) in [5.41, 5.74) is 14.8. The smallest absolute Gasteiger partial charge is 0.136 e. The fourth-order valence-corrected chi connectivity index (χ4v) is 9.69. The Morgan fingerprint density at radius 1 is 0.492 bits per heavy atom. The number of fused-ring (bicyclic) bond motifs is 7. The maximum Gasteiger partial charge on any atom is 0.136 e. The van der Waals surface area contributed by atoms with Gasteiger partial charge in [0.1, 0.15) is 11.2 Å². The summed E-state index contributed by atoms with van der Waals surface area (Å²) >= 11 is 0. The van der Waals surface area contributed by atoms with Crippen LogP contribution in [0.15, 0.2) is 235 Å². The van der Waals surface area contributed by atoms with Crippen molar-refractivity contribution in [2.24, 2.45) is 0 Å². The van der Waals surface area contributed by atoms with Gasteiger partial charge in [-0.05, 0) is 100 Å². The average Bonchev–Trinajstić information content (AvgIpc) is 3.87. The molecule has 288 valence electrons. The number of allylic oxidation sites excluding steroid dienone is 3. The molecule has 0 saturated carbocycles. The molecule has 0 spiro atoms. The van der Waals surface area contributed by atoms with E-state index >= 15 is 0 Å². The fraction of sp³-hybridized carbons (Fsp3) is 0.0345. The van der Waals surface area contributed by atoms with Gasteiger partial charge in [-0.25, -0.2) is 0 Å². The molecule has 3 nitrogen and oxygen atoms in total. The Labute approximate surface area is 354 Å². The Morgan fingerprint density at radius 2 is 1.13 bits per heavy atom. The summed E-state index contributed by atoms with van der Waals surface area (Å²) in [6.45, 7) is 0. The van der Waals surface area contributed by atoms with Crippen LogP contribution in [0.2, 0.25) is 0 Å². The minimum Gasteiger partial charge on any atom is -0.456 e. The first-order valence-electron chi connectivity index (χ1n) is 21.1. The van der Waals surface area contributed by atoms with Gasteiger partial charge in [0.15, 0.2) is 0 Å². The molecule has 61 heavy (non-hydrogen) atoms. The summed E-state index contributed by atoms with van der Waals surface area (Å²) in [7, 11) is 0. The lowest BCUT2D eigenvalue weighted by molar-refractivity contribution is 0.669. The molecule has 2 heterocycles. The van der Waals surface area contributed by atoms with Crippen LogP contribution in [-0.4, -0.2) is 4.57 Å². The first-order chi connectivity index (χ1) is 30.3. The summed E-state index contributed by atoms with van der Waals surface area (Å²) < 4.78 is 9.03. The molecule has 0 amide bonds. The maximum absolute atomic E-state index is 6.58. The molecule has 9 aromatic carbocycles. The van der Waals surface area contributed by atoms with E-state index in [1.54, 1.807) is 0 Å². The van der Waals surface area contributed by atoms with Crippen LogP contribution in [-0.2, 0) is 0 Å². The average molecular weight is 781 g/mol. The molecule has 1 unspecified atom stereocenters. The Morgan fingerprint density at radius 3 is 1.90 bits per heavy atom. The second-order valence-corrected chi connectivity index (χ2v) is 16.0. The molecule has 0 N–H and O–H groups in total. The number of aromatic nitrogens is 1. The van der Waals surface area contributed by atoms with E-state index in [-0.39, 0.29) is 5.92 Å². The van der Waals surface area contributed by atoms with Crippen molar-refractivity contribution in [3.05, 3.63) is 236 Å². The summed E-state index contributed by atoms with van der Waals surface area (Å²) in [5.74, 6) is 0.193. The lowest BCUT2D eigenvalue weighted by Gasteiger charge is -2.31. The number of anilines is 2. The first-order valence-corrected chi connectivity index (χ1v) is 21.1. The molecule has 2 aromatic heterocycles. The molecule has 1 aliphatic carbocycles. The van der Waals surface area contributed by atoms with Crippen molar-refractivity contribution in [1.82, 2.24) is 4.57 Å². The van der Waals surface area contributed by atoms with Crippen molar-refractivity contribution in [1.29, 1.82) is 0 Å². The van der Waals surface area contributed by atoms with Crippen LogP contribution in [0.4, 0.5) is 11.4 Å². The first kappa shape index (κ1) is 35.1. The molecular weight excluding hydrogens is 741 g/mol. The van der Waals surface area contributed by atoms with Gasteiger partial charge >= 0.3 is 0 Å². The number of nitrogens with zero attached hydrogens (tertiary/aromatic N) is 2. The van der Waals surface area contributed by atoms with Gasteiger partial charge in [-0.3, -0.25) is 0 Å². The third-order valence-corrected chi connectivity index (χ3v) is 12.5. The Bertz CT molecular complexity index is 3460. The second-order valence-electron chi connectivity index (χ2n) is 16.0. The van der Waals surface area contributed by atoms with Gasteiger partial charge in [0.2, 0.25) is 0 Å². The van der Waals surface area contributed by atoms with Crippen molar-refractivity contribution in [2.75, 3.05) is 4.90 Å². The van der Waals surface area contributed by atoms with Crippen molar-refractivity contribution in [3.8, 4) is 27.9 Å². The van der Waals surface area contributed by atoms with E-state index in [0.717, 1.165) is 56.6 Å². The molecule has 0 fully saturated rings. The lowest BCUT2D eigenvalue weighted by Crippen LogP contribution is -2.18. The molecule has 0 aliphatic heterocycles. The second kappa shape index (κ2) is 14.4. The monoisotopic (exact) mass is 780 g/mol. The highest BCUT2D eigenvalue weighted by Crippen LogP contribution is 2.46. The van der Waals surface area contributed by atoms with Crippen molar-refractivity contribution >= 4 is 65.9 Å². The van der Waals surface area contributed by atoms with E-state index in [4.69, 9.17) is 4.42 Å². The molecule has 1 aliphatic rings. The van der Waals surface area contributed by atoms with Crippen LogP contribution in [0.5, 0.6) is 0 Å². The maximum atomic E-state index is 6.58. The minimum atomic E-state index is 0.193. The van der Waals surface area contributed by atoms with Crippen LogP contribution >= 0.6 is 0 Å². The van der Waals surface area contributed by atoms with Gasteiger partial charge in [-0.1, -0.05) is 164 Å². The van der Waals surface area contributed by atoms with Gasteiger partial charge < -0.3 is 13.9 Å². The largest absolute Gasteiger partial charge is 0.456 e. The standard InChI is InChI=1S/C58H40N2O/c1-2-15-39(16-3-1)40-29-33-44(34-30-40)59(53-25-11-9-22-49(53)50-23-14-28-56-58(50)51-37-42-17-4-5-18-43(42)38-57(51)61-56)45-35-31-41(32-36-45)46-19-6-10-24-52(46)60-54-26-12-7-20-47(54)48-21-8-13-27-55(48)60/h1-31,33-38,41H,32H2. The number of benzene rings is 9. The molecule has 12 rings (SSSR count). The van der Waals surface area contributed by atoms with Crippen molar-refractivity contribution in [2.45, 2.75) is 12.3 Å². The van der Waals surface area contributed by atoms with Crippen LogP contribution in [0.3, 0.4) is 0 Å². The minimum absolute atomic E-state index is 0.193. The van der Waals surface area contributed by atoms with Gasteiger partial charge in [-0.15, -0.1) is 0 Å². The van der Waals surface area contributed by atoms with Gasteiger partial charge in [0.05, 0.1) is 16.7 Å². The number of furan rings is 1. The molecule has 11 aromatic rings. The van der Waals surface area contributed by atoms with E-state index in [1.165, 1.54) is 55.0 Å². The predicted molar refractivity (Wildman–Crippen MR) is 256 cm³/mol. The summed E-state index contributed by atoms with van der Waals surface area (Å²) in [5, 5.41) is 7.17. The normalized spacial score (nSPS) is 14.0. The van der Waals surface area contributed by atoms with Crippen molar-refractivity contribution < 1.29 is 4.42 Å². The highest BCUT2D eigenvalue weighted by molar-refractivity contribution is 6.16. The van der Waals surface area contributed by atoms with Gasteiger partial charge in [0, 0.05) is 50.1 Å². The number of para-hydroxylation sites is 4. The van der Waals surface area contributed by atoms with E-state index in [9.17, 15) is 0 Å². The molecule has 0 saturated heterocycles. The van der Waals surface area contributed by atoms with Crippen molar-refractivity contribution in [3.63, 3.8) is 0 Å². The number of hydrogen-bond acceptors (Lipinski definition) is 2. The van der Waals surface area contributed by atoms with Crippen LogP contribution in [0, 0.1) is 0 Å². The van der Waals surface area contributed by atoms with E-state index in [0.29, 0.717) is 0 Å². The highest BCUT2D eigenvalue weighted by atomic mass is 16.3. The fourth-order valence-electron chi connectivity index (χ4n) is 9.69. The predicted octanol–water partition coefficient (Wildman–Crippen LogP) is 15.9. The van der Waals surface area contributed by atoms with E-state index in [2.05, 4.69) is 234 Å². The zero-order valence-corrected chi connectivity index (χ0v) is 33.4. The number of rotatable bonds is 7. The van der Waals surface area contributed by atoms with Gasteiger partial charge in [-0.2, -0.15) is 0 Å². The molecular formula is C58H40N2O. The summed E-state index contributed by atoms with van der Waals surface area (Å²) in [6.07, 6.45) is 8.02. The van der Waals surface area contributed by atoms with E-state index in [1.807, 2.05) is 0 Å². The van der Waals surface area contributed by atoms with Crippen LogP contribution in [0.25, 0.3) is 82.5 Å². The Balaban J connectivity index is 0.990. The third-order valence-electron chi connectivity index (χ3n) is 12.5. The SMILES string of the molecule is C1=CC(c2ccccc2-n2c3ccccc3c3ccccc32)CC=C1N(c1ccc(-c2ccccc2)cc1)c1ccccc1-c1cccc2oc3cc4ccccc4cc3c12. The topological polar surface area (TPSA) is 21.3 Å². The van der Waals surface area contributed by atoms with Crippen LogP contribution in [0.1, 0.15) is 17.9 Å². The van der Waals surface area contributed by atoms with Gasteiger partial charge in [0.25, 0.3) is 0 Å². The molecule has 0 bridgehead atoms. The quantitative estimate of drug-likeness (QED) is 0.161. The summed E-state index contributed by atoms with van der Waals surface area (Å²) in [6, 6.07) is 74.3. The third kappa shape index (κ3) is 5.89. The Hall–Kier alpha value is -7.88.